The van der Waals surface area contributed by atoms with Crippen molar-refractivity contribution in [1.29, 1.82) is 0 Å². The largest absolute Gasteiger partial charge is 0.493 e. The van der Waals surface area contributed by atoms with Gasteiger partial charge in [-0.25, -0.2) is 4.98 Å². The first-order chi connectivity index (χ1) is 8.07. The fourth-order valence-corrected chi connectivity index (χ4v) is 1.30. The Labute approximate surface area is 103 Å². The fourth-order valence-electron chi connectivity index (χ4n) is 1.30. The van der Waals surface area contributed by atoms with Gasteiger partial charge in [-0.3, -0.25) is 0 Å². The van der Waals surface area contributed by atoms with Gasteiger partial charge in [0, 0.05) is 32.3 Å². The van der Waals surface area contributed by atoms with Gasteiger partial charge in [0.1, 0.15) is 11.6 Å². The smallest absolute Gasteiger partial charge is 0.129 e. The molecule has 96 valence electrons. The van der Waals surface area contributed by atoms with Gasteiger partial charge in [-0.1, -0.05) is 0 Å². The summed E-state index contributed by atoms with van der Waals surface area (Å²) in [4.78, 5) is 4.19. The predicted octanol–water partition coefficient (Wildman–Crippen LogP) is 2.71. The van der Waals surface area contributed by atoms with Crippen LogP contribution in [0.2, 0.25) is 0 Å². The van der Waals surface area contributed by atoms with E-state index in [1.54, 1.807) is 13.3 Å². The maximum absolute atomic E-state index is 5.67. The van der Waals surface area contributed by atoms with Crippen LogP contribution in [-0.2, 0) is 4.74 Å². The molecule has 0 atom stereocenters. The van der Waals surface area contributed by atoms with Crippen LogP contribution in [-0.4, -0.2) is 30.8 Å². The summed E-state index contributed by atoms with van der Waals surface area (Å²) in [6.45, 7) is 7.62. The van der Waals surface area contributed by atoms with E-state index in [0.717, 1.165) is 24.5 Å². The maximum Gasteiger partial charge on any atom is 0.129 e. The van der Waals surface area contributed by atoms with Crippen LogP contribution in [0.5, 0.6) is 5.75 Å². The van der Waals surface area contributed by atoms with Crippen LogP contribution in [0.1, 0.15) is 27.2 Å². The van der Waals surface area contributed by atoms with Crippen LogP contribution < -0.4 is 10.1 Å². The number of pyridine rings is 1. The van der Waals surface area contributed by atoms with Crippen LogP contribution in [0.25, 0.3) is 0 Å². The van der Waals surface area contributed by atoms with E-state index >= 15 is 0 Å². The highest BCUT2D eigenvalue weighted by Crippen LogP contribution is 2.17. The van der Waals surface area contributed by atoms with Crippen molar-refractivity contribution in [3.8, 4) is 5.75 Å². The average molecular weight is 238 g/mol. The first-order valence-corrected chi connectivity index (χ1v) is 5.95. The number of hydrogen-bond donors (Lipinski definition) is 1. The van der Waals surface area contributed by atoms with E-state index in [9.17, 15) is 0 Å². The highest BCUT2D eigenvalue weighted by molar-refractivity contribution is 5.40. The molecule has 17 heavy (non-hydrogen) atoms. The number of anilines is 1. The Balaban J connectivity index is 2.44. The van der Waals surface area contributed by atoms with E-state index in [0.29, 0.717) is 6.61 Å². The first kappa shape index (κ1) is 13.8. The molecule has 0 amide bonds. The van der Waals surface area contributed by atoms with E-state index in [2.05, 4.69) is 10.3 Å². The summed E-state index contributed by atoms with van der Waals surface area (Å²) in [6, 6.07) is 3.77. The number of rotatable bonds is 7. The van der Waals surface area contributed by atoms with Gasteiger partial charge in [0.2, 0.25) is 0 Å². The Morgan fingerprint density at radius 1 is 1.41 bits per heavy atom. The third-order valence-electron chi connectivity index (χ3n) is 2.61. The quantitative estimate of drug-likeness (QED) is 0.793. The van der Waals surface area contributed by atoms with E-state index in [1.807, 2.05) is 32.9 Å². The normalized spacial score (nSPS) is 11.3. The van der Waals surface area contributed by atoms with Gasteiger partial charge in [-0.2, -0.15) is 0 Å². The van der Waals surface area contributed by atoms with Gasteiger partial charge in [0.25, 0.3) is 0 Å². The second kappa shape index (κ2) is 6.45. The number of aromatic nitrogens is 1. The molecule has 0 radical (unpaired) electrons. The summed E-state index contributed by atoms with van der Waals surface area (Å²) in [6.07, 6.45) is 2.59. The van der Waals surface area contributed by atoms with Crippen LogP contribution >= 0.6 is 0 Å². The number of nitrogens with zero attached hydrogens (tertiary/aromatic N) is 1. The molecule has 0 aliphatic rings. The Hall–Kier alpha value is -1.29. The Bertz CT molecular complexity index is 340. The Kier molecular flexibility index (Phi) is 5.22. The van der Waals surface area contributed by atoms with E-state index in [4.69, 9.17) is 9.47 Å². The minimum Gasteiger partial charge on any atom is -0.493 e. The van der Waals surface area contributed by atoms with Crippen LogP contribution in [0.4, 0.5) is 5.82 Å². The highest BCUT2D eigenvalue weighted by atomic mass is 16.5. The molecule has 0 aliphatic heterocycles. The summed E-state index contributed by atoms with van der Waals surface area (Å²) in [5, 5.41) is 3.15. The molecule has 1 heterocycles. The molecule has 0 fully saturated rings. The van der Waals surface area contributed by atoms with Gasteiger partial charge in [0.05, 0.1) is 12.2 Å². The van der Waals surface area contributed by atoms with Crippen molar-refractivity contribution in [3.05, 3.63) is 18.3 Å². The number of methoxy groups -OCH3 is 1. The van der Waals surface area contributed by atoms with Crippen LogP contribution in [0.3, 0.4) is 0 Å². The minimum absolute atomic E-state index is 0.141. The molecule has 0 bridgehead atoms. The van der Waals surface area contributed by atoms with Crippen molar-refractivity contribution in [2.24, 2.45) is 0 Å². The summed E-state index contributed by atoms with van der Waals surface area (Å²) < 4.78 is 11.0. The topological polar surface area (TPSA) is 43.4 Å². The van der Waals surface area contributed by atoms with Gasteiger partial charge >= 0.3 is 0 Å². The van der Waals surface area contributed by atoms with Crippen molar-refractivity contribution in [2.45, 2.75) is 32.8 Å². The summed E-state index contributed by atoms with van der Waals surface area (Å²) in [5.41, 5.74) is -0.141. The monoisotopic (exact) mass is 238 g/mol. The third kappa shape index (κ3) is 5.04. The lowest BCUT2D eigenvalue weighted by Gasteiger charge is -2.22. The standard InChI is InChI=1S/C13H22N2O2/c1-5-14-12-10-11(6-8-15-12)17-9-7-13(2,3)16-4/h6,8,10H,5,7,9H2,1-4H3,(H,14,15). The fraction of sp³-hybridized carbons (Fsp3) is 0.615. The maximum atomic E-state index is 5.67. The molecule has 0 unspecified atom stereocenters. The molecule has 1 aromatic rings. The zero-order valence-corrected chi connectivity index (χ0v) is 11.1. The molecule has 4 heteroatoms. The van der Waals surface area contributed by atoms with Crippen LogP contribution in [0, 0.1) is 0 Å². The molecule has 1 aromatic heterocycles. The lowest BCUT2D eigenvalue weighted by Crippen LogP contribution is -2.25. The average Bonchev–Trinajstić information content (AvgIpc) is 2.30. The molecular formula is C13H22N2O2. The van der Waals surface area contributed by atoms with Gasteiger partial charge in [0.15, 0.2) is 0 Å². The van der Waals surface area contributed by atoms with E-state index in [-0.39, 0.29) is 5.60 Å². The SMILES string of the molecule is CCNc1cc(OCCC(C)(C)OC)ccn1. The van der Waals surface area contributed by atoms with Gasteiger partial charge in [-0.05, 0) is 26.8 Å². The Morgan fingerprint density at radius 3 is 2.82 bits per heavy atom. The number of ether oxygens (including phenoxy) is 2. The highest BCUT2D eigenvalue weighted by Gasteiger charge is 2.15. The molecule has 0 aromatic carbocycles. The molecule has 0 saturated heterocycles. The van der Waals surface area contributed by atoms with Gasteiger partial charge < -0.3 is 14.8 Å². The predicted molar refractivity (Wildman–Crippen MR) is 69.6 cm³/mol. The molecular weight excluding hydrogens is 216 g/mol. The number of hydrogen-bond acceptors (Lipinski definition) is 4. The van der Waals surface area contributed by atoms with Crippen molar-refractivity contribution < 1.29 is 9.47 Å². The molecule has 1 rings (SSSR count). The lowest BCUT2D eigenvalue weighted by atomic mass is 10.1. The Morgan fingerprint density at radius 2 is 2.18 bits per heavy atom. The summed E-state index contributed by atoms with van der Waals surface area (Å²) >= 11 is 0. The first-order valence-electron chi connectivity index (χ1n) is 5.95. The van der Waals surface area contributed by atoms with Crippen LogP contribution in [0.15, 0.2) is 18.3 Å². The van der Waals surface area contributed by atoms with Gasteiger partial charge in [-0.15, -0.1) is 0 Å². The molecule has 1 N–H and O–H groups in total. The molecule has 0 saturated carbocycles. The summed E-state index contributed by atoms with van der Waals surface area (Å²) in [5.74, 6) is 1.68. The minimum atomic E-state index is -0.141. The van der Waals surface area contributed by atoms with Crippen molar-refractivity contribution in [1.82, 2.24) is 4.98 Å². The second-order valence-electron chi connectivity index (χ2n) is 4.47. The second-order valence-corrected chi connectivity index (χ2v) is 4.47. The van der Waals surface area contributed by atoms with Crippen molar-refractivity contribution in [3.63, 3.8) is 0 Å². The molecule has 4 nitrogen and oxygen atoms in total. The number of nitrogens with one attached hydrogen (secondary N) is 1. The molecule has 0 aliphatic carbocycles. The van der Waals surface area contributed by atoms with Crippen molar-refractivity contribution in [2.75, 3.05) is 25.6 Å². The summed E-state index contributed by atoms with van der Waals surface area (Å²) in [7, 11) is 1.72. The molecule has 0 spiro atoms. The zero-order chi connectivity index (χ0) is 12.7. The van der Waals surface area contributed by atoms with E-state index < -0.39 is 0 Å². The third-order valence-corrected chi connectivity index (χ3v) is 2.61. The van der Waals surface area contributed by atoms with Crippen molar-refractivity contribution >= 4 is 5.82 Å². The zero-order valence-electron chi connectivity index (χ0n) is 11.1. The lowest BCUT2D eigenvalue weighted by molar-refractivity contribution is 0.00546. The van der Waals surface area contributed by atoms with E-state index in [1.165, 1.54) is 0 Å².